The minimum atomic E-state index is -0.175. The maximum atomic E-state index is 13.1. The van der Waals surface area contributed by atoms with Crippen molar-refractivity contribution in [3.05, 3.63) is 81.0 Å². The summed E-state index contributed by atoms with van der Waals surface area (Å²) in [4.78, 5) is 15.3. The van der Waals surface area contributed by atoms with Crippen LogP contribution in [0.4, 0.5) is 0 Å². The van der Waals surface area contributed by atoms with Gasteiger partial charge in [-0.1, -0.05) is 34.8 Å². The Hall–Kier alpha value is -1.78. The normalized spacial score (nSPS) is 19.9. The fourth-order valence-corrected chi connectivity index (χ4v) is 4.40. The molecule has 0 bridgehead atoms. The first-order valence-corrected chi connectivity index (χ1v) is 10.1. The molecule has 0 aliphatic carbocycles. The fourth-order valence-electron chi connectivity index (χ4n) is 3.77. The molecule has 1 fully saturated rings. The Labute approximate surface area is 178 Å². The lowest BCUT2D eigenvalue weighted by molar-refractivity contribution is 0.0911. The van der Waals surface area contributed by atoms with Gasteiger partial charge in [0.25, 0.3) is 0 Å². The molecule has 0 unspecified atom stereocenters. The van der Waals surface area contributed by atoms with Crippen molar-refractivity contribution in [2.45, 2.75) is 5.92 Å². The number of rotatable bonds is 4. The first kappa shape index (κ1) is 19.5. The minimum Gasteiger partial charge on any atom is -0.461 e. The van der Waals surface area contributed by atoms with Gasteiger partial charge in [0.2, 0.25) is 0 Å². The SMILES string of the molecule is CN1C[C@H](C(=O)c2ccc(Cl)cc2)[C@H](c2ccc(-c3ccc(Cl)cc3Cl)o2)C1. The molecule has 144 valence electrons. The second kappa shape index (κ2) is 7.92. The predicted molar refractivity (Wildman–Crippen MR) is 114 cm³/mol. The van der Waals surface area contributed by atoms with E-state index < -0.39 is 0 Å². The molecule has 1 saturated heterocycles. The number of likely N-dealkylation sites (N-methyl/N-ethyl adjacent to an activating group) is 1. The van der Waals surface area contributed by atoms with Crippen molar-refractivity contribution in [3.63, 3.8) is 0 Å². The third-order valence-corrected chi connectivity index (χ3v) is 5.96. The maximum Gasteiger partial charge on any atom is 0.168 e. The Morgan fingerprint density at radius 2 is 1.68 bits per heavy atom. The Bertz CT molecular complexity index is 1010. The summed E-state index contributed by atoms with van der Waals surface area (Å²) in [6, 6.07) is 16.2. The van der Waals surface area contributed by atoms with Gasteiger partial charge in [-0.3, -0.25) is 4.79 Å². The maximum absolute atomic E-state index is 13.1. The largest absolute Gasteiger partial charge is 0.461 e. The van der Waals surface area contributed by atoms with Crippen molar-refractivity contribution >= 4 is 40.6 Å². The number of Topliss-reactive ketones (excluding diaryl/α,β-unsaturated/α-hetero) is 1. The predicted octanol–water partition coefficient (Wildman–Crippen LogP) is 6.43. The fraction of sp³-hybridized carbons (Fsp3) is 0.227. The lowest BCUT2D eigenvalue weighted by Crippen LogP contribution is -2.22. The summed E-state index contributed by atoms with van der Waals surface area (Å²) >= 11 is 18.2. The summed E-state index contributed by atoms with van der Waals surface area (Å²) in [7, 11) is 2.02. The average Bonchev–Trinajstić information content (AvgIpc) is 3.28. The number of likely N-dealkylation sites (tertiary alicyclic amines) is 1. The first-order chi connectivity index (χ1) is 13.4. The Morgan fingerprint density at radius 1 is 0.964 bits per heavy atom. The molecular formula is C22H18Cl3NO2. The molecule has 1 aliphatic rings. The number of carbonyl (C=O) groups excluding carboxylic acids is 1. The van der Waals surface area contributed by atoms with Gasteiger partial charge in [-0.05, 0) is 61.6 Å². The molecule has 0 radical (unpaired) electrons. The quantitative estimate of drug-likeness (QED) is 0.443. The minimum absolute atomic E-state index is 0.0204. The highest BCUT2D eigenvalue weighted by Crippen LogP contribution is 2.38. The van der Waals surface area contributed by atoms with E-state index in [2.05, 4.69) is 4.90 Å². The van der Waals surface area contributed by atoms with Crippen molar-refractivity contribution in [2.75, 3.05) is 20.1 Å². The zero-order valence-corrected chi connectivity index (χ0v) is 17.4. The molecule has 3 nitrogen and oxygen atoms in total. The van der Waals surface area contributed by atoms with Crippen LogP contribution in [-0.4, -0.2) is 30.8 Å². The molecule has 2 aromatic carbocycles. The van der Waals surface area contributed by atoms with Gasteiger partial charge in [0.05, 0.1) is 5.02 Å². The monoisotopic (exact) mass is 433 g/mol. The topological polar surface area (TPSA) is 33.5 Å². The van der Waals surface area contributed by atoms with Gasteiger partial charge < -0.3 is 9.32 Å². The van der Waals surface area contributed by atoms with E-state index in [0.717, 1.165) is 17.9 Å². The average molecular weight is 435 g/mol. The van der Waals surface area contributed by atoms with Gasteiger partial charge in [-0.25, -0.2) is 0 Å². The van der Waals surface area contributed by atoms with Crippen molar-refractivity contribution in [1.82, 2.24) is 4.90 Å². The molecule has 2 heterocycles. The molecule has 6 heteroatoms. The van der Waals surface area contributed by atoms with E-state index >= 15 is 0 Å². The zero-order valence-electron chi connectivity index (χ0n) is 15.2. The summed E-state index contributed by atoms with van der Waals surface area (Å²) in [5, 5.41) is 1.73. The van der Waals surface area contributed by atoms with Crippen molar-refractivity contribution in [1.29, 1.82) is 0 Å². The van der Waals surface area contributed by atoms with Gasteiger partial charge in [-0.15, -0.1) is 0 Å². The highest BCUT2D eigenvalue weighted by molar-refractivity contribution is 6.36. The van der Waals surface area contributed by atoms with E-state index in [-0.39, 0.29) is 17.6 Å². The molecule has 3 aromatic rings. The van der Waals surface area contributed by atoms with Gasteiger partial charge in [-0.2, -0.15) is 0 Å². The van der Waals surface area contributed by atoms with E-state index in [4.69, 9.17) is 39.2 Å². The third-order valence-electron chi connectivity index (χ3n) is 5.16. The number of halogens is 3. The lowest BCUT2D eigenvalue weighted by Gasteiger charge is -2.15. The second-order valence-electron chi connectivity index (χ2n) is 7.13. The molecular weight excluding hydrogens is 417 g/mol. The summed E-state index contributed by atoms with van der Waals surface area (Å²) in [6.07, 6.45) is 0. The molecule has 28 heavy (non-hydrogen) atoms. The standard InChI is InChI=1S/C22H18Cl3NO2/c1-26-11-17(18(12-26)22(27)13-2-4-14(23)5-3-13)21-9-8-20(28-21)16-7-6-15(24)10-19(16)25/h2-10,17-18H,11-12H2,1H3/t17-,18+/m1/s1. The van der Waals surface area contributed by atoms with Crippen LogP contribution < -0.4 is 0 Å². The molecule has 1 aromatic heterocycles. The number of ketones is 1. The summed E-state index contributed by atoms with van der Waals surface area (Å²) in [6.45, 7) is 1.44. The molecule has 0 spiro atoms. The number of benzene rings is 2. The van der Waals surface area contributed by atoms with E-state index in [9.17, 15) is 4.79 Å². The Balaban J connectivity index is 1.63. The lowest BCUT2D eigenvalue weighted by atomic mass is 9.87. The number of hydrogen-bond donors (Lipinski definition) is 0. The summed E-state index contributed by atoms with van der Waals surface area (Å²) in [5.74, 6) is 1.37. The highest BCUT2D eigenvalue weighted by Gasteiger charge is 2.39. The zero-order chi connectivity index (χ0) is 19.8. The number of carbonyl (C=O) groups is 1. The van der Waals surface area contributed by atoms with Crippen molar-refractivity contribution in [2.24, 2.45) is 5.92 Å². The van der Waals surface area contributed by atoms with E-state index in [1.165, 1.54) is 0 Å². The van der Waals surface area contributed by atoms with Crippen LogP contribution in [0.15, 0.2) is 59.0 Å². The van der Waals surface area contributed by atoms with Crippen LogP contribution in [0, 0.1) is 5.92 Å². The van der Waals surface area contributed by atoms with Crippen LogP contribution >= 0.6 is 34.8 Å². The summed E-state index contributed by atoms with van der Waals surface area (Å²) in [5.41, 5.74) is 1.45. The Morgan fingerprint density at radius 3 is 2.39 bits per heavy atom. The Kier molecular flexibility index (Phi) is 5.52. The van der Waals surface area contributed by atoms with Gasteiger partial charge in [0.1, 0.15) is 11.5 Å². The van der Waals surface area contributed by atoms with Gasteiger partial charge in [0.15, 0.2) is 5.78 Å². The van der Waals surface area contributed by atoms with Crippen LogP contribution in [0.5, 0.6) is 0 Å². The van der Waals surface area contributed by atoms with E-state index in [0.29, 0.717) is 32.9 Å². The second-order valence-corrected chi connectivity index (χ2v) is 8.41. The van der Waals surface area contributed by atoms with Gasteiger partial charge in [0, 0.05) is 46.1 Å². The number of furan rings is 1. The summed E-state index contributed by atoms with van der Waals surface area (Å²) < 4.78 is 6.13. The third kappa shape index (κ3) is 3.85. The van der Waals surface area contributed by atoms with Crippen LogP contribution in [0.2, 0.25) is 15.1 Å². The molecule has 0 N–H and O–H groups in total. The highest BCUT2D eigenvalue weighted by atomic mass is 35.5. The molecule has 0 saturated carbocycles. The molecule has 4 rings (SSSR count). The van der Waals surface area contributed by atoms with Crippen LogP contribution in [-0.2, 0) is 0 Å². The number of hydrogen-bond acceptors (Lipinski definition) is 3. The molecule has 1 aliphatic heterocycles. The number of nitrogens with zero attached hydrogens (tertiary/aromatic N) is 1. The van der Waals surface area contributed by atoms with Crippen molar-refractivity contribution in [3.8, 4) is 11.3 Å². The van der Waals surface area contributed by atoms with Gasteiger partial charge >= 0.3 is 0 Å². The van der Waals surface area contributed by atoms with Crippen LogP contribution in [0.1, 0.15) is 22.0 Å². The first-order valence-electron chi connectivity index (χ1n) is 8.96. The van der Waals surface area contributed by atoms with E-state index in [1.54, 1.807) is 36.4 Å². The van der Waals surface area contributed by atoms with Crippen LogP contribution in [0.25, 0.3) is 11.3 Å². The van der Waals surface area contributed by atoms with Crippen molar-refractivity contribution < 1.29 is 9.21 Å². The van der Waals surface area contributed by atoms with E-state index in [1.807, 2.05) is 25.2 Å². The molecule has 2 atom stereocenters. The van der Waals surface area contributed by atoms with Crippen LogP contribution in [0.3, 0.4) is 0 Å². The molecule has 0 amide bonds. The smallest absolute Gasteiger partial charge is 0.168 e.